The molecule has 1 N–H and O–H groups in total. The highest BCUT2D eigenvalue weighted by Gasteiger charge is 2.56. The third kappa shape index (κ3) is 3.66. The number of hydrogen-bond acceptors (Lipinski definition) is 6. The van der Waals surface area contributed by atoms with Gasteiger partial charge in [0, 0.05) is 33.2 Å². The van der Waals surface area contributed by atoms with Crippen molar-refractivity contribution in [2.75, 3.05) is 12.0 Å². The van der Waals surface area contributed by atoms with E-state index in [1.165, 1.54) is 24.2 Å². The van der Waals surface area contributed by atoms with Crippen LogP contribution in [0.2, 0.25) is 0 Å². The molecule has 0 saturated carbocycles. The van der Waals surface area contributed by atoms with Gasteiger partial charge in [0.05, 0.1) is 29.1 Å². The fourth-order valence-corrected chi connectivity index (χ4v) is 7.01. The number of amides is 2. The number of nitrogens with zero attached hydrogens (tertiary/aromatic N) is 1. The minimum absolute atomic E-state index is 0.0505. The number of halogens is 2. The van der Waals surface area contributed by atoms with Crippen LogP contribution in [0.15, 0.2) is 80.3 Å². The highest BCUT2D eigenvalue weighted by Crippen LogP contribution is 2.56. The normalized spacial score (nSPS) is 26.6. The van der Waals surface area contributed by atoms with Crippen molar-refractivity contribution in [3.8, 4) is 11.5 Å². The number of ether oxygens (including phenoxy) is 1. The molecule has 3 aliphatic carbocycles. The van der Waals surface area contributed by atoms with Crippen LogP contribution in [0, 0.1) is 17.8 Å². The van der Waals surface area contributed by atoms with Crippen molar-refractivity contribution in [1.29, 1.82) is 0 Å². The second-order valence-electron chi connectivity index (χ2n) is 9.81. The molecule has 0 spiro atoms. The van der Waals surface area contributed by atoms with Gasteiger partial charge in [-0.15, -0.1) is 0 Å². The lowest BCUT2D eigenvalue weighted by atomic mass is 9.59. The highest BCUT2D eigenvalue weighted by molar-refractivity contribution is 9.12. The Hall–Kier alpha value is -3.30. The molecule has 2 aromatic rings. The van der Waals surface area contributed by atoms with Crippen molar-refractivity contribution in [1.82, 2.24) is 0 Å². The van der Waals surface area contributed by atoms with Gasteiger partial charge in [0.15, 0.2) is 11.6 Å². The number of fused-ring (bicyclic) bond motifs is 3. The number of hydrogen-bond donors (Lipinski definition) is 1. The van der Waals surface area contributed by atoms with E-state index in [1.54, 1.807) is 36.4 Å². The molecule has 7 nitrogen and oxygen atoms in total. The maximum Gasteiger partial charge on any atom is 0.238 e. The zero-order valence-electron chi connectivity index (χ0n) is 20.1. The van der Waals surface area contributed by atoms with Crippen molar-refractivity contribution >= 4 is 60.9 Å². The highest BCUT2D eigenvalue weighted by atomic mass is 79.9. The summed E-state index contributed by atoms with van der Waals surface area (Å²) >= 11 is 6.61. The van der Waals surface area contributed by atoms with E-state index in [9.17, 15) is 24.3 Å². The molecule has 9 heteroatoms. The van der Waals surface area contributed by atoms with Crippen molar-refractivity contribution < 1.29 is 29.0 Å². The summed E-state index contributed by atoms with van der Waals surface area (Å²) in [5.41, 5.74) is 2.28. The van der Waals surface area contributed by atoms with Gasteiger partial charge in [-0.25, -0.2) is 0 Å². The first-order valence-electron chi connectivity index (χ1n) is 12.1. The Labute approximate surface area is 235 Å². The molecule has 4 aliphatic rings. The van der Waals surface area contributed by atoms with Crippen molar-refractivity contribution in [3.05, 3.63) is 85.9 Å². The van der Waals surface area contributed by atoms with Crippen LogP contribution in [-0.4, -0.2) is 35.6 Å². The fourth-order valence-electron chi connectivity index (χ4n) is 6.30. The number of carbonyl (C=O) groups is 4. The third-order valence-electron chi connectivity index (χ3n) is 7.96. The Bertz CT molecular complexity index is 1540. The van der Waals surface area contributed by atoms with Crippen LogP contribution >= 0.6 is 31.9 Å². The Morgan fingerprint density at radius 3 is 2.42 bits per heavy atom. The minimum Gasteiger partial charge on any atom is -0.508 e. The monoisotopic (exact) mass is 637 g/mol. The number of imide groups is 1. The molecule has 1 heterocycles. The number of carbonyl (C=O) groups excluding carboxylic acids is 4. The summed E-state index contributed by atoms with van der Waals surface area (Å²) in [6.45, 7) is 0. The topological polar surface area (TPSA) is 101 Å². The second-order valence-corrected chi connectivity index (χ2v) is 11.6. The first-order valence-corrected chi connectivity index (χ1v) is 13.7. The van der Waals surface area contributed by atoms with Gasteiger partial charge in [-0.3, -0.25) is 24.1 Å². The predicted molar refractivity (Wildman–Crippen MR) is 146 cm³/mol. The molecule has 192 valence electrons. The Kier molecular flexibility index (Phi) is 6.03. The van der Waals surface area contributed by atoms with E-state index in [4.69, 9.17) is 4.74 Å². The van der Waals surface area contributed by atoms with Crippen molar-refractivity contribution in [3.63, 3.8) is 0 Å². The molecule has 0 bridgehead atoms. The maximum atomic E-state index is 13.9. The number of phenolic OH excluding ortho intramolecular Hbond substituents is 1. The summed E-state index contributed by atoms with van der Waals surface area (Å²) in [7, 11) is 1.50. The summed E-state index contributed by atoms with van der Waals surface area (Å²) in [5, 5.41) is 10.9. The van der Waals surface area contributed by atoms with Gasteiger partial charge in [0.2, 0.25) is 11.8 Å². The molecule has 0 aromatic heterocycles. The molecule has 1 saturated heterocycles. The number of rotatable bonds is 3. The zero-order valence-corrected chi connectivity index (χ0v) is 23.3. The summed E-state index contributed by atoms with van der Waals surface area (Å²) in [6, 6.07) is 11.7. The van der Waals surface area contributed by atoms with Crippen molar-refractivity contribution in [2.45, 2.75) is 18.8 Å². The van der Waals surface area contributed by atoms with Crippen LogP contribution in [0.5, 0.6) is 11.5 Å². The van der Waals surface area contributed by atoms with Crippen LogP contribution < -0.4 is 9.64 Å². The van der Waals surface area contributed by atoms with E-state index in [2.05, 4.69) is 31.9 Å². The van der Waals surface area contributed by atoms with Gasteiger partial charge in [0.25, 0.3) is 0 Å². The standard InChI is InChI=1S/C29H21Br2NO6/c1-38-15-6-9-22(33)19(10-15)24-16-7-8-17-25(18(16)11-20-26(24)23(34)12-21(31)27(20)35)29(37)32(28(17)36)14-4-2-13(30)3-5-14/h2-7,9-10,12,17-18,24-25,33H,8,11H2,1H3. The smallest absolute Gasteiger partial charge is 0.238 e. The first-order chi connectivity index (χ1) is 18.2. The van der Waals surface area contributed by atoms with Gasteiger partial charge < -0.3 is 9.84 Å². The van der Waals surface area contributed by atoms with E-state index in [0.29, 0.717) is 34.6 Å². The van der Waals surface area contributed by atoms with E-state index >= 15 is 0 Å². The molecule has 4 unspecified atom stereocenters. The summed E-state index contributed by atoms with van der Waals surface area (Å²) in [6.07, 6.45) is 3.65. The summed E-state index contributed by atoms with van der Waals surface area (Å²) in [5.74, 6) is -3.32. The lowest BCUT2D eigenvalue weighted by molar-refractivity contribution is -0.123. The molecule has 2 aromatic carbocycles. The van der Waals surface area contributed by atoms with Crippen molar-refractivity contribution in [2.24, 2.45) is 17.8 Å². The fraction of sp³-hybridized carbons (Fsp3) is 0.241. The average Bonchev–Trinajstić information content (AvgIpc) is 3.17. The van der Waals surface area contributed by atoms with Gasteiger partial charge >= 0.3 is 0 Å². The molecular weight excluding hydrogens is 618 g/mol. The quantitative estimate of drug-likeness (QED) is 0.284. The SMILES string of the molecule is COc1ccc(O)c(C2C3=CCC4C(=O)N(c5ccc(Br)cc5)C(=O)C4C3CC3=C2C(=O)C=C(Br)C3=O)c1. The van der Waals surface area contributed by atoms with E-state index in [1.807, 2.05) is 6.08 Å². The summed E-state index contributed by atoms with van der Waals surface area (Å²) in [4.78, 5) is 55.3. The third-order valence-corrected chi connectivity index (χ3v) is 9.08. The first kappa shape index (κ1) is 25.0. The second kappa shape index (κ2) is 9.17. The Balaban J connectivity index is 1.51. The van der Waals surface area contributed by atoms with Crippen LogP contribution in [0.4, 0.5) is 5.69 Å². The van der Waals surface area contributed by atoms with Crippen LogP contribution in [0.3, 0.4) is 0 Å². The van der Waals surface area contributed by atoms with Gasteiger partial charge in [-0.2, -0.15) is 0 Å². The minimum atomic E-state index is -0.752. The van der Waals surface area contributed by atoms with Gasteiger partial charge in [-0.1, -0.05) is 27.6 Å². The molecule has 1 fully saturated rings. The number of aromatic hydroxyl groups is 1. The Morgan fingerprint density at radius 2 is 1.71 bits per heavy atom. The Morgan fingerprint density at radius 1 is 0.974 bits per heavy atom. The maximum absolute atomic E-state index is 13.9. The number of ketones is 2. The molecular formula is C29H21Br2NO6. The number of benzene rings is 2. The zero-order chi connectivity index (χ0) is 26.9. The number of methoxy groups -OCH3 is 1. The number of Topliss-reactive ketones (excluding diaryl/α,β-unsaturated/α-hetero) is 1. The van der Waals surface area contributed by atoms with E-state index in [-0.39, 0.29) is 40.0 Å². The molecule has 38 heavy (non-hydrogen) atoms. The van der Waals surface area contributed by atoms with Crippen LogP contribution in [0.25, 0.3) is 0 Å². The number of allylic oxidation sites excluding steroid dienone is 6. The van der Waals surface area contributed by atoms with Crippen LogP contribution in [-0.2, 0) is 19.2 Å². The molecule has 2 amide bonds. The lowest BCUT2D eigenvalue weighted by Crippen LogP contribution is -2.39. The van der Waals surface area contributed by atoms with Gasteiger partial charge in [-0.05, 0) is 77.2 Å². The van der Waals surface area contributed by atoms with E-state index in [0.717, 1.165) is 10.0 Å². The predicted octanol–water partition coefficient (Wildman–Crippen LogP) is 5.13. The van der Waals surface area contributed by atoms with E-state index < -0.39 is 23.7 Å². The molecule has 6 rings (SSSR count). The summed E-state index contributed by atoms with van der Waals surface area (Å²) < 4.78 is 6.36. The number of anilines is 1. The van der Waals surface area contributed by atoms with Gasteiger partial charge in [0.1, 0.15) is 11.5 Å². The largest absolute Gasteiger partial charge is 0.508 e. The lowest BCUT2D eigenvalue weighted by Gasteiger charge is -2.42. The van der Waals surface area contributed by atoms with Crippen LogP contribution in [0.1, 0.15) is 24.3 Å². The average molecular weight is 639 g/mol. The number of phenols is 1. The molecule has 1 aliphatic heterocycles. The molecule has 0 radical (unpaired) electrons. The molecule has 4 atom stereocenters.